The van der Waals surface area contributed by atoms with E-state index in [4.69, 9.17) is 9.15 Å². The number of hydrogen-bond donors (Lipinski definition) is 2. The first kappa shape index (κ1) is 17.3. The maximum absolute atomic E-state index is 12.1. The summed E-state index contributed by atoms with van der Waals surface area (Å²) in [6.07, 6.45) is 2.06. The Balaban J connectivity index is 2.11. The molecule has 2 aromatic rings. The molecule has 0 bridgehead atoms. The van der Waals surface area contributed by atoms with Crippen LogP contribution in [0.25, 0.3) is 0 Å². The molecular formula is C17H20N2O5S. The van der Waals surface area contributed by atoms with E-state index in [2.05, 4.69) is 10.0 Å². The van der Waals surface area contributed by atoms with Crippen LogP contribution in [0, 0.1) is 0 Å². The van der Waals surface area contributed by atoms with Crippen LogP contribution in [0.4, 0.5) is 11.4 Å². The van der Waals surface area contributed by atoms with Gasteiger partial charge in [-0.25, -0.2) is 8.42 Å². The molecule has 1 aromatic carbocycles. The number of benzene rings is 1. The fourth-order valence-electron chi connectivity index (χ4n) is 2.96. The van der Waals surface area contributed by atoms with E-state index >= 15 is 0 Å². The lowest BCUT2D eigenvalue weighted by Gasteiger charge is -2.26. The fraction of sp³-hybridized carbons (Fsp3) is 0.353. The van der Waals surface area contributed by atoms with Gasteiger partial charge in [0.25, 0.3) is 0 Å². The fourth-order valence-corrected chi connectivity index (χ4v) is 3.52. The van der Waals surface area contributed by atoms with Gasteiger partial charge in [-0.1, -0.05) is 6.92 Å². The molecule has 1 aliphatic heterocycles. The van der Waals surface area contributed by atoms with E-state index in [0.29, 0.717) is 22.9 Å². The molecule has 3 rings (SSSR count). The zero-order chi connectivity index (χ0) is 18.2. The molecule has 0 fully saturated rings. The summed E-state index contributed by atoms with van der Waals surface area (Å²) in [5, 5.41) is 2.81. The molecule has 8 heteroatoms. The lowest BCUT2D eigenvalue weighted by atomic mass is 9.88. The molecule has 134 valence electrons. The maximum Gasteiger partial charge on any atom is 0.229 e. The number of furan rings is 1. The van der Waals surface area contributed by atoms with Gasteiger partial charge in [-0.15, -0.1) is 0 Å². The second-order valence-corrected chi connectivity index (χ2v) is 7.72. The predicted octanol–water partition coefficient (Wildman–Crippen LogP) is 2.70. The Hall–Kier alpha value is -2.48. The number of ether oxygens (including phenoxy) is 1. The van der Waals surface area contributed by atoms with Crippen molar-refractivity contribution in [3.63, 3.8) is 0 Å². The van der Waals surface area contributed by atoms with Gasteiger partial charge in [0, 0.05) is 24.6 Å². The highest BCUT2D eigenvalue weighted by molar-refractivity contribution is 7.92. The maximum atomic E-state index is 12.1. The number of rotatable bonds is 5. The highest BCUT2D eigenvalue weighted by Crippen LogP contribution is 2.42. The topological polar surface area (TPSA) is 97.6 Å². The van der Waals surface area contributed by atoms with Gasteiger partial charge in [0.05, 0.1) is 25.0 Å². The lowest BCUT2D eigenvalue weighted by Crippen LogP contribution is -2.24. The van der Waals surface area contributed by atoms with E-state index in [9.17, 15) is 13.2 Å². The summed E-state index contributed by atoms with van der Waals surface area (Å²) < 4.78 is 36.8. The van der Waals surface area contributed by atoms with Gasteiger partial charge in [-0.3, -0.25) is 9.52 Å². The Morgan fingerprint density at radius 2 is 2.12 bits per heavy atom. The molecule has 7 nitrogen and oxygen atoms in total. The minimum atomic E-state index is -3.47. The van der Waals surface area contributed by atoms with Gasteiger partial charge in [0.15, 0.2) is 0 Å². The number of sulfonamides is 1. The van der Waals surface area contributed by atoms with Crippen LogP contribution >= 0.6 is 0 Å². The molecule has 25 heavy (non-hydrogen) atoms. The van der Waals surface area contributed by atoms with Gasteiger partial charge in [0.2, 0.25) is 15.9 Å². The number of aryl methyl sites for hydroxylation is 1. The van der Waals surface area contributed by atoms with Crippen LogP contribution in [-0.2, 0) is 21.2 Å². The van der Waals surface area contributed by atoms with E-state index in [1.165, 1.54) is 7.11 Å². The van der Waals surface area contributed by atoms with Gasteiger partial charge in [0.1, 0.15) is 17.3 Å². The zero-order valence-corrected chi connectivity index (χ0v) is 15.1. The minimum absolute atomic E-state index is 0.127. The summed E-state index contributed by atoms with van der Waals surface area (Å²) in [6.45, 7) is 1.99. The van der Waals surface area contributed by atoms with E-state index in [-0.39, 0.29) is 18.2 Å². The van der Waals surface area contributed by atoms with E-state index in [1.807, 2.05) is 19.1 Å². The normalized spacial score (nSPS) is 16.9. The van der Waals surface area contributed by atoms with Crippen LogP contribution in [-0.4, -0.2) is 27.7 Å². The molecule has 0 radical (unpaired) electrons. The molecule has 0 saturated carbocycles. The Labute approximate surface area is 146 Å². The molecule has 0 aliphatic carbocycles. The van der Waals surface area contributed by atoms with Crippen molar-refractivity contribution in [3.05, 3.63) is 41.3 Å². The average Bonchev–Trinajstić information content (AvgIpc) is 3.01. The van der Waals surface area contributed by atoms with Gasteiger partial charge in [-0.2, -0.15) is 0 Å². The Bertz CT molecular complexity index is 917. The van der Waals surface area contributed by atoms with Crippen molar-refractivity contribution in [2.45, 2.75) is 25.7 Å². The summed E-state index contributed by atoms with van der Waals surface area (Å²) in [5.41, 5.74) is 1.70. The van der Waals surface area contributed by atoms with Crippen molar-refractivity contribution in [1.29, 1.82) is 0 Å². The second kappa shape index (κ2) is 6.44. The Morgan fingerprint density at radius 3 is 2.72 bits per heavy atom. The second-order valence-electron chi connectivity index (χ2n) is 5.98. The number of nitrogens with one attached hydrogen (secondary N) is 2. The summed E-state index contributed by atoms with van der Waals surface area (Å²) in [5.74, 6) is 1.45. The van der Waals surface area contributed by atoms with Gasteiger partial charge >= 0.3 is 0 Å². The predicted molar refractivity (Wildman–Crippen MR) is 94.6 cm³/mol. The quantitative estimate of drug-likeness (QED) is 0.850. The largest absolute Gasteiger partial charge is 0.494 e. The standard InChI is InChI=1S/C17H20N2O5S/c1-4-10-5-6-15(24-10)12-8-17(20)18-13-9-16(23-2)14(7-11(12)13)19-25(3,21)22/h5-7,9,12,19H,4,8H2,1-3H3,(H,18,20)/t12-/m0/s1. The first-order valence-electron chi connectivity index (χ1n) is 7.89. The zero-order valence-electron chi connectivity index (χ0n) is 14.3. The third kappa shape index (κ3) is 3.63. The molecule has 1 aliphatic rings. The number of hydrogen-bond acceptors (Lipinski definition) is 5. The average molecular weight is 364 g/mol. The summed E-state index contributed by atoms with van der Waals surface area (Å²) in [4.78, 5) is 12.1. The van der Waals surface area contributed by atoms with Crippen molar-refractivity contribution in [1.82, 2.24) is 0 Å². The highest BCUT2D eigenvalue weighted by atomic mass is 32.2. The molecule has 2 heterocycles. The monoisotopic (exact) mass is 364 g/mol. The first-order valence-corrected chi connectivity index (χ1v) is 9.78. The molecule has 1 atom stereocenters. The third-order valence-corrected chi connectivity index (χ3v) is 4.67. The summed E-state index contributed by atoms with van der Waals surface area (Å²) >= 11 is 0. The number of amides is 1. The van der Waals surface area contributed by atoms with Gasteiger partial charge in [-0.05, 0) is 23.8 Å². The third-order valence-electron chi connectivity index (χ3n) is 4.08. The van der Waals surface area contributed by atoms with Crippen molar-refractivity contribution >= 4 is 27.3 Å². The SMILES string of the molecule is CCc1ccc([C@H]2CC(=O)Nc3cc(OC)c(NS(C)(=O)=O)cc32)o1. The van der Waals surface area contributed by atoms with E-state index < -0.39 is 10.0 Å². The molecule has 0 saturated heterocycles. The smallest absolute Gasteiger partial charge is 0.229 e. The van der Waals surface area contributed by atoms with Crippen LogP contribution in [0.3, 0.4) is 0 Å². The summed E-state index contributed by atoms with van der Waals surface area (Å²) in [7, 11) is -2.03. The van der Waals surface area contributed by atoms with Crippen LogP contribution in [0.2, 0.25) is 0 Å². The van der Waals surface area contributed by atoms with Gasteiger partial charge < -0.3 is 14.5 Å². The molecule has 2 N–H and O–H groups in total. The van der Waals surface area contributed by atoms with Crippen LogP contribution < -0.4 is 14.8 Å². The minimum Gasteiger partial charge on any atom is -0.494 e. The molecule has 1 amide bonds. The molecule has 1 aromatic heterocycles. The van der Waals surface area contributed by atoms with Crippen molar-refractivity contribution in [2.24, 2.45) is 0 Å². The number of anilines is 2. The van der Waals surface area contributed by atoms with Crippen LogP contribution in [0.1, 0.15) is 36.3 Å². The number of carbonyl (C=O) groups is 1. The number of fused-ring (bicyclic) bond motifs is 1. The number of methoxy groups -OCH3 is 1. The van der Waals surface area contributed by atoms with Crippen LogP contribution in [0.15, 0.2) is 28.7 Å². The Kier molecular flexibility index (Phi) is 4.47. The lowest BCUT2D eigenvalue weighted by molar-refractivity contribution is -0.116. The Morgan fingerprint density at radius 1 is 1.36 bits per heavy atom. The van der Waals surface area contributed by atoms with E-state index in [1.54, 1.807) is 12.1 Å². The van der Waals surface area contributed by atoms with E-state index in [0.717, 1.165) is 24.0 Å². The highest BCUT2D eigenvalue weighted by Gasteiger charge is 2.30. The van der Waals surface area contributed by atoms with Crippen molar-refractivity contribution < 1.29 is 22.4 Å². The molecule has 0 spiro atoms. The summed E-state index contributed by atoms with van der Waals surface area (Å²) in [6, 6.07) is 7.06. The molecular weight excluding hydrogens is 344 g/mol. The van der Waals surface area contributed by atoms with Crippen molar-refractivity contribution in [3.8, 4) is 5.75 Å². The van der Waals surface area contributed by atoms with Crippen LogP contribution in [0.5, 0.6) is 5.75 Å². The van der Waals surface area contributed by atoms with Crippen molar-refractivity contribution in [2.75, 3.05) is 23.4 Å². The number of carbonyl (C=O) groups excluding carboxylic acids is 1. The first-order chi connectivity index (χ1) is 11.8. The molecule has 0 unspecified atom stereocenters.